The van der Waals surface area contributed by atoms with Crippen LogP contribution in [0.25, 0.3) is 0 Å². The highest BCUT2D eigenvalue weighted by Gasteiger charge is 2.25. The lowest BCUT2D eigenvalue weighted by molar-refractivity contribution is -0.129. The van der Waals surface area contributed by atoms with Gasteiger partial charge in [-0.1, -0.05) is 18.5 Å². The van der Waals surface area contributed by atoms with Gasteiger partial charge in [-0.05, 0) is 57.4 Å². The topological polar surface area (TPSA) is 41.6 Å². The van der Waals surface area contributed by atoms with Crippen molar-refractivity contribution < 1.29 is 9.53 Å². The third-order valence-corrected chi connectivity index (χ3v) is 4.61. The van der Waals surface area contributed by atoms with Gasteiger partial charge in [0.25, 0.3) is 5.91 Å². The molecule has 128 valence electrons. The van der Waals surface area contributed by atoms with Crippen LogP contribution in [-0.2, 0) is 4.79 Å². The maximum Gasteiger partial charge on any atom is 0.261 e. The summed E-state index contributed by atoms with van der Waals surface area (Å²) in [7, 11) is 0. The molecule has 1 N–H and O–H groups in total. The lowest BCUT2D eigenvalue weighted by atomic mass is 10.0. The molecule has 5 heteroatoms. The number of benzene rings is 1. The number of carbonyl (C=O) groups is 1. The second kappa shape index (κ2) is 8.55. The van der Waals surface area contributed by atoms with E-state index in [2.05, 4.69) is 24.1 Å². The number of nitrogens with one attached hydrogen (secondary N) is 1. The minimum absolute atomic E-state index is 0.0227. The summed E-state index contributed by atoms with van der Waals surface area (Å²) in [6, 6.07) is 7.94. The third-order valence-electron chi connectivity index (χ3n) is 4.36. The summed E-state index contributed by atoms with van der Waals surface area (Å²) < 4.78 is 5.80. The highest BCUT2D eigenvalue weighted by Crippen LogP contribution is 2.18. The van der Waals surface area contributed by atoms with E-state index in [1.807, 2.05) is 6.92 Å². The van der Waals surface area contributed by atoms with Gasteiger partial charge in [-0.2, -0.15) is 0 Å². The van der Waals surface area contributed by atoms with Gasteiger partial charge in [0.05, 0.1) is 0 Å². The van der Waals surface area contributed by atoms with Crippen LogP contribution >= 0.6 is 11.6 Å². The van der Waals surface area contributed by atoms with Gasteiger partial charge in [0.2, 0.25) is 0 Å². The molecule has 0 unspecified atom stereocenters. The Morgan fingerprint density at radius 1 is 1.30 bits per heavy atom. The normalized spacial score (nSPS) is 18.0. The number of amides is 1. The highest BCUT2D eigenvalue weighted by atomic mass is 35.5. The van der Waals surface area contributed by atoms with Gasteiger partial charge in [0.1, 0.15) is 5.75 Å². The lowest BCUT2D eigenvalue weighted by Gasteiger charge is -2.35. The molecule has 23 heavy (non-hydrogen) atoms. The molecule has 0 spiro atoms. The van der Waals surface area contributed by atoms with E-state index in [1.165, 1.54) is 0 Å². The first-order valence-electron chi connectivity index (χ1n) is 8.46. The molecule has 0 aromatic heterocycles. The smallest absolute Gasteiger partial charge is 0.261 e. The average molecular weight is 339 g/mol. The fraction of sp³-hybridized carbons (Fsp3) is 0.611. The SMILES string of the molecule is CC[C@H](Oc1ccc(Cl)cc1)C(=O)NC1CCN(C(C)C)CC1. The number of piperidine rings is 1. The van der Waals surface area contributed by atoms with Crippen molar-refractivity contribution >= 4 is 17.5 Å². The number of hydrogen-bond donors (Lipinski definition) is 1. The Hall–Kier alpha value is -1.26. The van der Waals surface area contributed by atoms with Crippen molar-refractivity contribution in [3.8, 4) is 5.75 Å². The number of likely N-dealkylation sites (tertiary alicyclic amines) is 1. The van der Waals surface area contributed by atoms with Crippen LogP contribution in [0.5, 0.6) is 5.75 Å². The summed E-state index contributed by atoms with van der Waals surface area (Å²) in [5, 5.41) is 3.80. The summed E-state index contributed by atoms with van der Waals surface area (Å²) in [6.07, 6.45) is 2.18. The number of ether oxygens (including phenoxy) is 1. The van der Waals surface area contributed by atoms with Crippen molar-refractivity contribution in [3.05, 3.63) is 29.3 Å². The van der Waals surface area contributed by atoms with Crippen LogP contribution < -0.4 is 10.1 Å². The van der Waals surface area contributed by atoms with Crippen molar-refractivity contribution in [3.63, 3.8) is 0 Å². The van der Waals surface area contributed by atoms with E-state index in [9.17, 15) is 4.79 Å². The second-order valence-corrected chi connectivity index (χ2v) is 6.82. The van der Waals surface area contributed by atoms with Crippen LogP contribution in [0.2, 0.25) is 5.02 Å². The monoisotopic (exact) mass is 338 g/mol. The van der Waals surface area contributed by atoms with Gasteiger partial charge in [-0.3, -0.25) is 4.79 Å². The maximum absolute atomic E-state index is 12.5. The molecule has 0 saturated carbocycles. The standard InChI is InChI=1S/C18H27ClN2O2/c1-4-17(23-16-7-5-14(19)6-8-16)18(22)20-15-9-11-21(12-10-15)13(2)3/h5-8,13,15,17H,4,9-12H2,1-3H3,(H,20,22)/t17-/m0/s1. The molecular formula is C18H27ClN2O2. The van der Waals surface area contributed by atoms with Crippen molar-refractivity contribution in [2.45, 2.75) is 58.2 Å². The fourth-order valence-electron chi connectivity index (χ4n) is 2.85. The first-order valence-corrected chi connectivity index (χ1v) is 8.84. The van der Waals surface area contributed by atoms with Crippen molar-refractivity contribution in [1.82, 2.24) is 10.2 Å². The van der Waals surface area contributed by atoms with E-state index in [0.717, 1.165) is 25.9 Å². The van der Waals surface area contributed by atoms with Gasteiger partial charge >= 0.3 is 0 Å². The summed E-state index contributed by atoms with van der Waals surface area (Å²) >= 11 is 5.87. The molecule has 1 heterocycles. The fourth-order valence-corrected chi connectivity index (χ4v) is 2.98. The molecule has 1 aliphatic rings. The molecule has 4 nitrogen and oxygen atoms in total. The van der Waals surface area contributed by atoms with Crippen LogP contribution in [-0.4, -0.2) is 42.1 Å². The molecule has 1 saturated heterocycles. The van der Waals surface area contributed by atoms with Gasteiger partial charge in [-0.15, -0.1) is 0 Å². The van der Waals surface area contributed by atoms with Gasteiger partial charge in [-0.25, -0.2) is 0 Å². The molecule has 0 aliphatic carbocycles. The average Bonchev–Trinajstić information content (AvgIpc) is 2.54. The highest BCUT2D eigenvalue weighted by molar-refractivity contribution is 6.30. The van der Waals surface area contributed by atoms with Crippen LogP contribution in [0.15, 0.2) is 24.3 Å². The first-order chi connectivity index (χ1) is 11.0. The Labute approximate surface area is 144 Å². The minimum Gasteiger partial charge on any atom is -0.481 e. The molecule has 1 aromatic carbocycles. The van der Waals surface area contributed by atoms with Crippen LogP contribution in [0.4, 0.5) is 0 Å². The molecule has 1 aromatic rings. The molecule has 1 atom stereocenters. The summed E-state index contributed by atoms with van der Waals surface area (Å²) in [6.45, 7) is 8.47. The van der Waals surface area contributed by atoms with Gasteiger partial charge in [0, 0.05) is 30.2 Å². The Kier molecular flexibility index (Phi) is 6.72. The minimum atomic E-state index is -0.459. The van der Waals surface area contributed by atoms with Crippen LogP contribution in [0, 0.1) is 0 Å². The maximum atomic E-state index is 12.5. The summed E-state index contributed by atoms with van der Waals surface area (Å²) in [5.74, 6) is 0.650. The zero-order valence-corrected chi connectivity index (χ0v) is 15.0. The molecule has 2 rings (SSSR count). The Balaban J connectivity index is 1.84. The predicted molar refractivity (Wildman–Crippen MR) is 94.0 cm³/mol. The van der Waals surface area contributed by atoms with E-state index >= 15 is 0 Å². The summed E-state index contributed by atoms with van der Waals surface area (Å²) in [5.41, 5.74) is 0. The molecule has 0 bridgehead atoms. The van der Waals surface area contributed by atoms with Crippen LogP contribution in [0.3, 0.4) is 0 Å². The molecule has 1 fully saturated rings. The van der Waals surface area contributed by atoms with Crippen molar-refractivity contribution in [1.29, 1.82) is 0 Å². The third kappa shape index (κ3) is 5.40. The molecular weight excluding hydrogens is 312 g/mol. The van der Waals surface area contributed by atoms with Crippen LogP contribution in [0.1, 0.15) is 40.0 Å². The van der Waals surface area contributed by atoms with E-state index in [1.54, 1.807) is 24.3 Å². The molecule has 1 aliphatic heterocycles. The molecule has 0 radical (unpaired) electrons. The van der Waals surface area contributed by atoms with E-state index in [4.69, 9.17) is 16.3 Å². The van der Waals surface area contributed by atoms with E-state index < -0.39 is 6.10 Å². The van der Waals surface area contributed by atoms with E-state index in [0.29, 0.717) is 23.2 Å². The van der Waals surface area contributed by atoms with Gasteiger partial charge < -0.3 is 15.0 Å². The second-order valence-electron chi connectivity index (χ2n) is 6.38. The summed E-state index contributed by atoms with van der Waals surface area (Å²) in [4.78, 5) is 14.9. The number of halogens is 1. The zero-order chi connectivity index (χ0) is 16.8. The number of nitrogens with zero attached hydrogens (tertiary/aromatic N) is 1. The Morgan fingerprint density at radius 3 is 2.43 bits per heavy atom. The first kappa shape index (κ1) is 18.1. The number of hydrogen-bond acceptors (Lipinski definition) is 3. The zero-order valence-electron chi connectivity index (χ0n) is 14.2. The lowest BCUT2D eigenvalue weighted by Crippen LogP contribution is -2.49. The Morgan fingerprint density at radius 2 is 1.91 bits per heavy atom. The van der Waals surface area contributed by atoms with Gasteiger partial charge in [0.15, 0.2) is 6.10 Å². The van der Waals surface area contributed by atoms with Crippen molar-refractivity contribution in [2.24, 2.45) is 0 Å². The Bertz CT molecular complexity index is 496. The quantitative estimate of drug-likeness (QED) is 0.863. The van der Waals surface area contributed by atoms with E-state index in [-0.39, 0.29) is 11.9 Å². The largest absolute Gasteiger partial charge is 0.481 e. The van der Waals surface area contributed by atoms with Crippen molar-refractivity contribution in [2.75, 3.05) is 13.1 Å². The number of rotatable bonds is 6. The number of carbonyl (C=O) groups excluding carboxylic acids is 1. The predicted octanol–water partition coefficient (Wildman–Crippen LogP) is 3.49. The molecule has 1 amide bonds.